The smallest absolute Gasteiger partial charge is 0.182 e. The van der Waals surface area contributed by atoms with Crippen LogP contribution >= 0.6 is 0 Å². The SMILES string of the molecule is CN(C)c1c(CCCN)ccc(F)c1F. The standard InChI is InChI=1S/C11H16F2N2/c1-15(2)11-8(4-3-7-14)5-6-9(12)10(11)13/h5-6H,3-4,7,14H2,1-2H3. The van der Waals surface area contributed by atoms with Crippen molar-refractivity contribution in [3.63, 3.8) is 0 Å². The number of nitrogens with two attached hydrogens (primary N) is 1. The van der Waals surface area contributed by atoms with Crippen LogP contribution in [0.1, 0.15) is 12.0 Å². The van der Waals surface area contributed by atoms with Gasteiger partial charge in [-0.3, -0.25) is 0 Å². The summed E-state index contributed by atoms with van der Waals surface area (Å²) in [4.78, 5) is 1.59. The molecule has 0 unspecified atom stereocenters. The normalized spacial score (nSPS) is 10.5. The van der Waals surface area contributed by atoms with Crippen molar-refractivity contribution in [2.75, 3.05) is 25.5 Å². The topological polar surface area (TPSA) is 29.3 Å². The van der Waals surface area contributed by atoms with Gasteiger partial charge < -0.3 is 10.6 Å². The molecule has 1 aromatic rings. The molecule has 0 spiro atoms. The lowest BCUT2D eigenvalue weighted by Crippen LogP contribution is -2.15. The fourth-order valence-electron chi connectivity index (χ4n) is 1.56. The molecule has 84 valence electrons. The van der Waals surface area contributed by atoms with Gasteiger partial charge in [-0.1, -0.05) is 6.07 Å². The molecule has 4 heteroatoms. The van der Waals surface area contributed by atoms with E-state index >= 15 is 0 Å². The van der Waals surface area contributed by atoms with Gasteiger partial charge in [0, 0.05) is 14.1 Å². The Balaban J connectivity index is 3.09. The Bertz CT molecular complexity index is 338. The number of aryl methyl sites for hydroxylation is 1. The Morgan fingerprint density at radius 1 is 1.27 bits per heavy atom. The maximum atomic E-state index is 13.5. The zero-order valence-corrected chi connectivity index (χ0v) is 9.06. The first kappa shape index (κ1) is 11.9. The molecule has 0 atom stereocenters. The Hall–Kier alpha value is -1.16. The number of anilines is 1. The Labute approximate surface area is 88.7 Å². The fourth-order valence-corrected chi connectivity index (χ4v) is 1.56. The predicted octanol–water partition coefficient (Wildman–Crippen LogP) is 1.92. The van der Waals surface area contributed by atoms with Gasteiger partial charge in [-0.25, -0.2) is 8.78 Å². The maximum Gasteiger partial charge on any atom is 0.182 e. The lowest BCUT2D eigenvalue weighted by atomic mass is 10.1. The molecule has 15 heavy (non-hydrogen) atoms. The van der Waals surface area contributed by atoms with Crippen LogP contribution in [0.5, 0.6) is 0 Å². The van der Waals surface area contributed by atoms with Crippen LogP contribution in [0.2, 0.25) is 0 Å². The van der Waals surface area contributed by atoms with E-state index in [1.807, 2.05) is 0 Å². The van der Waals surface area contributed by atoms with Crippen LogP contribution in [0.3, 0.4) is 0 Å². The van der Waals surface area contributed by atoms with E-state index in [-0.39, 0.29) is 0 Å². The van der Waals surface area contributed by atoms with Gasteiger partial charge in [0.05, 0.1) is 5.69 Å². The van der Waals surface area contributed by atoms with Crippen molar-refractivity contribution in [2.45, 2.75) is 12.8 Å². The zero-order valence-electron chi connectivity index (χ0n) is 9.06. The van der Waals surface area contributed by atoms with Gasteiger partial charge in [-0.05, 0) is 31.0 Å². The molecule has 0 aliphatic heterocycles. The van der Waals surface area contributed by atoms with Gasteiger partial charge in [-0.15, -0.1) is 0 Å². The Morgan fingerprint density at radius 3 is 2.47 bits per heavy atom. The summed E-state index contributed by atoms with van der Waals surface area (Å²) < 4.78 is 26.5. The molecule has 2 nitrogen and oxygen atoms in total. The number of hydrogen-bond acceptors (Lipinski definition) is 2. The van der Waals surface area contributed by atoms with Crippen LogP contribution in [0.15, 0.2) is 12.1 Å². The second-order valence-corrected chi connectivity index (χ2v) is 3.66. The molecule has 0 bridgehead atoms. The summed E-state index contributed by atoms with van der Waals surface area (Å²) in [5.41, 5.74) is 6.51. The van der Waals surface area contributed by atoms with E-state index in [9.17, 15) is 8.78 Å². The van der Waals surface area contributed by atoms with Gasteiger partial charge in [0.2, 0.25) is 0 Å². The highest BCUT2D eigenvalue weighted by molar-refractivity contribution is 5.54. The van der Waals surface area contributed by atoms with Crippen molar-refractivity contribution in [1.82, 2.24) is 0 Å². The number of hydrogen-bond donors (Lipinski definition) is 1. The molecule has 0 saturated carbocycles. The van der Waals surface area contributed by atoms with E-state index in [1.165, 1.54) is 0 Å². The zero-order chi connectivity index (χ0) is 11.4. The van der Waals surface area contributed by atoms with Gasteiger partial charge in [-0.2, -0.15) is 0 Å². The lowest BCUT2D eigenvalue weighted by Gasteiger charge is -2.18. The third kappa shape index (κ3) is 2.65. The van der Waals surface area contributed by atoms with Crippen molar-refractivity contribution >= 4 is 5.69 Å². The fraction of sp³-hybridized carbons (Fsp3) is 0.455. The molecule has 0 radical (unpaired) electrons. The highest BCUT2D eigenvalue weighted by Crippen LogP contribution is 2.25. The first-order valence-corrected chi connectivity index (χ1v) is 4.92. The number of nitrogens with zero attached hydrogens (tertiary/aromatic N) is 1. The molecule has 0 aliphatic rings. The quantitative estimate of drug-likeness (QED) is 0.829. The van der Waals surface area contributed by atoms with E-state index in [0.717, 1.165) is 18.1 Å². The number of rotatable bonds is 4. The first-order valence-electron chi connectivity index (χ1n) is 4.92. The van der Waals surface area contributed by atoms with Crippen molar-refractivity contribution in [2.24, 2.45) is 5.73 Å². The van der Waals surface area contributed by atoms with Crippen LogP contribution in [-0.4, -0.2) is 20.6 Å². The molecule has 0 aliphatic carbocycles. The minimum atomic E-state index is -0.810. The van der Waals surface area contributed by atoms with Crippen LogP contribution in [0, 0.1) is 11.6 Å². The molecule has 0 amide bonds. The van der Waals surface area contributed by atoms with Crippen molar-refractivity contribution in [3.8, 4) is 0 Å². The van der Waals surface area contributed by atoms with E-state index in [2.05, 4.69) is 0 Å². The average Bonchev–Trinajstić information content (AvgIpc) is 2.19. The summed E-state index contributed by atoms with van der Waals surface area (Å²) in [5.74, 6) is -1.59. The van der Waals surface area contributed by atoms with Gasteiger partial charge in [0.25, 0.3) is 0 Å². The summed E-state index contributed by atoms with van der Waals surface area (Å²) in [6, 6.07) is 2.78. The summed E-state index contributed by atoms with van der Waals surface area (Å²) in [6.45, 7) is 0.547. The van der Waals surface area contributed by atoms with Crippen molar-refractivity contribution in [3.05, 3.63) is 29.3 Å². The second kappa shape index (κ2) is 5.07. The van der Waals surface area contributed by atoms with E-state index in [4.69, 9.17) is 5.73 Å². The minimum absolute atomic E-state index is 0.323. The number of benzene rings is 1. The first-order chi connectivity index (χ1) is 7.07. The Kier molecular flexibility index (Phi) is 4.03. The average molecular weight is 214 g/mol. The van der Waals surface area contributed by atoms with Gasteiger partial charge in [0.1, 0.15) is 0 Å². The summed E-state index contributed by atoms with van der Waals surface area (Å²) in [5, 5.41) is 0. The maximum absolute atomic E-state index is 13.5. The molecular weight excluding hydrogens is 198 g/mol. The highest BCUT2D eigenvalue weighted by atomic mass is 19.2. The molecule has 2 N–H and O–H groups in total. The Morgan fingerprint density at radius 2 is 1.93 bits per heavy atom. The van der Waals surface area contributed by atoms with Crippen LogP contribution in [-0.2, 0) is 6.42 Å². The van der Waals surface area contributed by atoms with Crippen molar-refractivity contribution < 1.29 is 8.78 Å². The monoisotopic (exact) mass is 214 g/mol. The number of halogens is 2. The van der Waals surface area contributed by atoms with Gasteiger partial charge in [0.15, 0.2) is 11.6 Å². The lowest BCUT2D eigenvalue weighted by molar-refractivity contribution is 0.507. The molecule has 1 rings (SSSR count). The summed E-state index contributed by atoms with van der Waals surface area (Å²) in [6.07, 6.45) is 1.44. The molecule has 0 aromatic heterocycles. The molecular formula is C11H16F2N2. The van der Waals surface area contributed by atoms with Gasteiger partial charge >= 0.3 is 0 Å². The molecule has 1 aromatic carbocycles. The third-order valence-corrected chi connectivity index (χ3v) is 2.25. The third-order valence-electron chi connectivity index (χ3n) is 2.25. The molecule has 0 saturated heterocycles. The van der Waals surface area contributed by atoms with E-state index < -0.39 is 11.6 Å². The van der Waals surface area contributed by atoms with Crippen molar-refractivity contribution in [1.29, 1.82) is 0 Å². The molecule has 0 fully saturated rings. The largest absolute Gasteiger partial charge is 0.375 e. The van der Waals surface area contributed by atoms with Crippen LogP contribution in [0.4, 0.5) is 14.5 Å². The second-order valence-electron chi connectivity index (χ2n) is 3.66. The highest BCUT2D eigenvalue weighted by Gasteiger charge is 2.14. The summed E-state index contributed by atoms with van der Waals surface area (Å²) >= 11 is 0. The summed E-state index contributed by atoms with van der Waals surface area (Å²) in [7, 11) is 3.40. The minimum Gasteiger partial charge on any atom is -0.375 e. The molecule has 0 heterocycles. The predicted molar refractivity (Wildman–Crippen MR) is 58.1 cm³/mol. The van der Waals surface area contributed by atoms with Crippen LogP contribution < -0.4 is 10.6 Å². The van der Waals surface area contributed by atoms with E-state index in [0.29, 0.717) is 18.7 Å². The van der Waals surface area contributed by atoms with Crippen LogP contribution in [0.25, 0.3) is 0 Å². The van der Waals surface area contributed by atoms with E-state index in [1.54, 1.807) is 25.1 Å².